The molecule has 1 unspecified atom stereocenters. The van der Waals surface area contributed by atoms with E-state index in [4.69, 9.17) is 9.84 Å². The molecule has 0 aromatic heterocycles. The molecular weight excluding hydrogens is 260 g/mol. The van der Waals surface area contributed by atoms with Crippen molar-refractivity contribution in [1.82, 2.24) is 8.61 Å². The van der Waals surface area contributed by atoms with E-state index >= 15 is 0 Å². The monoisotopic (exact) mass is 280 g/mol. The van der Waals surface area contributed by atoms with E-state index in [0.717, 1.165) is 4.31 Å². The number of carbonyl (C=O) groups is 1. The Bertz CT molecular complexity index is 408. The highest BCUT2D eigenvalue weighted by atomic mass is 32.2. The average molecular weight is 280 g/mol. The van der Waals surface area contributed by atoms with Crippen molar-refractivity contribution >= 4 is 16.3 Å². The molecule has 1 rings (SSSR count). The summed E-state index contributed by atoms with van der Waals surface area (Å²) >= 11 is 0. The van der Waals surface area contributed by atoms with E-state index < -0.39 is 21.8 Å². The second-order valence-corrected chi connectivity index (χ2v) is 7.10. The maximum absolute atomic E-state index is 12.3. The number of amides is 1. The van der Waals surface area contributed by atoms with E-state index in [0.29, 0.717) is 23.9 Å². The van der Waals surface area contributed by atoms with Crippen LogP contribution < -0.4 is 0 Å². The molecule has 0 spiro atoms. The summed E-state index contributed by atoms with van der Waals surface area (Å²) in [5.41, 5.74) is -1.03. The van der Waals surface area contributed by atoms with Crippen LogP contribution in [0.3, 0.4) is 0 Å². The molecule has 1 N–H and O–H groups in total. The van der Waals surface area contributed by atoms with Gasteiger partial charge in [0.1, 0.15) is 0 Å². The van der Waals surface area contributed by atoms with Crippen molar-refractivity contribution in [2.24, 2.45) is 0 Å². The van der Waals surface area contributed by atoms with Crippen LogP contribution in [0.25, 0.3) is 0 Å². The fourth-order valence-electron chi connectivity index (χ4n) is 1.86. The lowest BCUT2D eigenvalue weighted by molar-refractivity contribution is 0.139. The number of carboxylic acid groups (broad SMARTS) is 1. The first-order valence-corrected chi connectivity index (χ1v) is 7.07. The Balaban J connectivity index is 3.05. The molecule has 1 aliphatic rings. The summed E-state index contributed by atoms with van der Waals surface area (Å²) in [6, 6.07) is -0.306. The maximum atomic E-state index is 12.3. The van der Waals surface area contributed by atoms with Crippen molar-refractivity contribution in [2.75, 3.05) is 20.3 Å². The number of hydrogen-bond donors (Lipinski definition) is 1. The fraction of sp³-hybridized carbons (Fsp3) is 0.900. The van der Waals surface area contributed by atoms with Crippen LogP contribution in [0.4, 0.5) is 4.79 Å². The molecule has 1 amide bonds. The van der Waals surface area contributed by atoms with Crippen LogP contribution >= 0.6 is 0 Å². The zero-order chi connectivity index (χ0) is 14.1. The maximum Gasteiger partial charge on any atom is 0.422 e. The SMILES string of the molecule is CN(C1CCOC1)S(=O)(=O)N(C(=O)O)C(C)(C)C. The largest absolute Gasteiger partial charge is 0.464 e. The van der Waals surface area contributed by atoms with E-state index in [-0.39, 0.29) is 6.04 Å². The number of likely N-dealkylation sites (N-methyl/N-ethyl adjacent to an activating group) is 1. The summed E-state index contributed by atoms with van der Waals surface area (Å²) in [6.45, 7) is 5.41. The lowest BCUT2D eigenvalue weighted by Gasteiger charge is -2.36. The Morgan fingerprint density at radius 3 is 2.28 bits per heavy atom. The van der Waals surface area contributed by atoms with Crippen molar-refractivity contribution in [3.8, 4) is 0 Å². The number of ether oxygens (including phenoxy) is 1. The third kappa shape index (κ3) is 2.93. The van der Waals surface area contributed by atoms with Crippen molar-refractivity contribution in [3.05, 3.63) is 0 Å². The minimum Gasteiger partial charge on any atom is -0.464 e. The smallest absolute Gasteiger partial charge is 0.422 e. The summed E-state index contributed by atoms with van der Waals surface area (Å²) < 4.78 is 31.3. The van der Waals surface area contributed by atoms with Crippen molar-refractivity contribution in [2.45, 2.75) is 38.8 Å². The van der Waals surface area contributed by atoms with Gasteiger partial charge in [-0.05, 0) is 27.2 Å². The van der Waals surface area contributed by atoms with Gasteiger partial charge in [-0.1, -0.05) is 0 Å². The van der Waals surface area contributed by atoms with Crippen molar-refractivity contribution < 1.29 is 23.1 Å². The number of hydrogen-bond acceptors (Lipinski definition) is 4. The van der Waals surface area contributed by atoms with Gasteiger partial charge in [-0.3, -0.25) is 0 Å². The van der Waals surface area contributed by atoms with E-state index in [1.165, 1.54) is 27.8 Å². The van der Waals surface area contributed by atoms with Gasteiger partial charge in [0.25, 0.3) is 0 Å². The molecule has 1 aliphatic heterocycles. The highest BCUT2D eigenvalue weighted by Gasteiger charge is 2.42. The first-order valence-electron chi connectivity index (χ1n) is 5.67. The van der Waals surface area contributed by atoms with Gasteiger partial charge in [-0.25, -0.2) is 4.79 Å². The Kier molecular flexibility index (Phi) is 4.24. The highest BCUT2D eigenvalue weighted by Crippen LogP contribution is 2.24. The first kappa shape index (κ1) is 15.2. The molecule has 0 saturated carbocycles. The normalized spacial score (nSPS) is 21.3. The Hall–Kier alpha value is -0.860. The van der Waals surface area contributed by atoms with E-state index in [1.54, 1.807) is 0 Å². The van der Waals surface area contributed by atoms with Crippen LogP contribution in [-0.2, 0) is 14.9 Å². The lowest BCUT2D eigenvalue weighted by Crippen LogP contribution is -2.55. The van der Waals surface area contributed by atoms with Gasteiger partial charge < -0.3 is 9.84 Å². The van der Waals surface area contributed by atoms with Gasteiger partial charge >= 0.3 is 16.3 Å². The predicted molar refractivity (Wildman–Crippen MR) is 65.5 cm³/mol. The fourth-order valence-corrected chi connectivity index (χ4v) is 3.55. The van der Waals surface area contributed by atoms with Crippen LogP contribution in [0.1, 0.15) is 27.2 Å². The van der Waals surface area contributed by atoms with Crippen LogP contribution in [0.15, 0.2) is 0 Å². The predicted octanol–water partition coefficient (Wildman–Crippen LogP) is 0.730. The Morgan fingerprint density at radius 1 is 1.39 bits per heavy atom. The molecular formula is C10H20N2O5S. The Labute approximate surface area is 108 Å². The minimum atomic E-state index is -4.05. The topological polar surface area (TPSA) is 87.2 Å². The van der Waals surface area contributed by atoms with Gasteiger partial charge in [0.05, 0.1) is 18.2 Å². The van der Waals surface area contributed by atoms with E-state index in [2.05, 4.69) is 0 Å². The number of nitrogens with zero attached hydrogens (tertiary/aromatic N) is 2. The minimum absolute atomic E-state index is 0.299. The summed E-state index contributed by atoms with van der Waals surface area (Å²) in [4.78, 5) is 11.2. The lowest BCUT2D eigenvalue weighted by atomic mass is 10.1. The Morgan fingerprint density at radius 2 is 1.94 bits per heavy atom. The van der Waals surface area contributed by atoms with Crippen LogP contribution in [0.5, 0.6) is 0 Å². The molecule has 1 saturated heterocycles. The second-order valence-electron chi connectivity index (χ2n) is 5.26. The molecule has 1 fully saturated rings. The van der Waals surface area contributed by atoms with Gasteiger partial charge in [-0.15, -0.1) is 0 Å². The van der Waals surface area contributed by atoms with Gasteiger partial charge in [-0.2, -0.15) is 17.0 Å². The molecule has 0 bridgehead atoms. The van der Waals surface area contributed by atoms with Crippen LogP contribution in [-0.4, -0.2) is 60.1 Å². The summed E-state index contributed by atoms with van der Waals surface area (Å²) in [5, 5.41) is 9.13. The zero-order valence-corrected chi connectivity index (χ0v) is 11.9. The van der Waals surface area contributed by atoms with Crippen LogP contribution in [0.2, 0.25) is 0 Å². The molecule has 18 heavy (non-hydrogen) atoms. The van der Waals surface area contributed by atoms with Gasteiger partial charge in [0.2, 0.25) is 0 Å². The molecule has 0 aromatic rings. The first-order chi connectivity index (χ1) is 8.08. The average Bonchev–Trinajstić information content (AvgIpc) is 2.64. The molecule has 7 nitrogen and oxygen atoms in total. The molecule has 1 atom stereocenters. The van der Waals surface area contributed by atoms with E-state index in [9.17, 15) is 13.2 Å². The summed E-state index contributed by atoms with van der Waals surface area (Å²) in [7, 11) is -2.67. The molecule has 106 valence electrons. The van der Waals surface area contributed by atoms with Gasteiger partial charge in [0.15, 0.2) is 0 Å². The van der Waals surface area contributed by atoms with E-state index in [1.807, 2.05) is 0 Å². The van der Waals surface area contributed by atoms with Crippen molar-refractivity contribution in [1.29, 1.82) is 0 Å². The zero-order valence-electron chi connectivity index (χ0n) is 11.1. The van der Waals surface area contributed by atoms with Crippen molar-refractivity contribution in [3.63, 3.8) is 0 Å². The molecule has 1 heterocycles. The molecule has 0 aromatic carbocycles. The summed E-state index contributed by atoms with van der Waals surface area (Å²) in [6.07, 6.45) is -0.902. The molecule has 0 aliphatic carbocycles. The summed E-state index contributed by atoms with van der Waals surface area (Å²) in [5.74, 6) is 0. The third-order valence-corrected chi connectivity index (χ3v) is 4.99. The van der Waals surface area contributed by atoms with Gasteiger partial charge in [0, 0.05) is 13.7 Å². The standard InChI is InChI=1S/C10H20N2O5S/c1-10(2,3)12(9(13)14)18(15,16)11(4)8-5-6-17-7-8/h8H,5-7H2,1-4H3,(H,13,14). The van der Waals surface area contributed by atoms with Crippen LogP contribution in [0, 0.1) is 0 Å². The number of rotatable bonds is 3. The third-order valence-electron chi connectivity index (χ3n) is 2.80. The molecule has 8 heteroatoms. The molecule has 0 radical (unpaired) electrons. The highest BCUT2D eigenvalue weighted by molar-refractivity contribution is 7.87. The quantitative estimate of drug-likeness (QED) is 0.823. The second kappa shape index (κ2) is 5.02.